The number of hydrogen-bond donors (Lipinski definition) is 0. The quantitative estimate of drug-likeness (QED) is 0.266. The van der Waals surface area contributed by atoms with Gasteiger partial charge in [-0.25, -0.2) is 4.98 Å². The van der Waals surface area contributed by atoms with Gasteiger partial charge in [0.05, 0.1) is 5.69 Å². The van der Waals surface area contributed by atoms with Gasteiger partial charge in [-0.3, -0.25) is 4.98 Å². The summed E-state index contributed by atoms with van der Waals surface area (Å²) < 4.78 is 2.05. The molecule has 0 radical (unpaired) electrons. The number of aromatic nitrogens is 3. The highest BCUT2D eigenvalue weighted by Gasteiger charge is 2.05. The number of benzene rings is 3. The molecule has 34 heavy (non-hydrogen) atoms. The SMILES string of the molecule is Cn1ccnc1-c1ccc(CCc2cccc(CCc3ccc(-c4ccccc4)nc3)c2)cc1. The summed E-state index contributed by atoms with van der Waals surface area (Å²) >= 11 is 0. The van der Waals surface area contributed by atoms with Crippen molar-refractivity contribution in [2.24, 2.45) is 7.05 Å². The van der Waals surface area contributed by atoms with E-state index >= 15 is 0 Å². The smallest absolute Gasteiger partial charge is 0.139 e. The average Bonchev–Trinajstić information content (AvgIpc) is 3.33. The molecule has 0 aliphatic rings. The van der Waals surface area contributed by atoms with Gasteiger partial charge in [0.2, 0.25) is 0 Å². The highest BCUT2D eigenvalue weighted by Crippen LogP contribution is 2.19. The Kier molecular flexibility index (Phi) is 6.62. The second kappa shape index (κ2) is 10.3. The van der Waals surface area contributed by atoms with E-state index in [0.29, 0.717) is 0 Å². The molecule has 0 N–H and O–H groups in total. The molecule has 3 heteroatoms. The van der Waals surface area contributed by atoms with Crippen LogP contribution in [0.25, 0.3) is 22.6 Å². The van der Waals surface area contributed by atoms with E-state index in [0.717, 1.165) is 48.3 Å². The van der Waals surface area contributed by atoms with Gasteiger partial charge in [-0.2, -0.15) is 0 Å². The molecule has 5 aromatic rings. The van der Waals surface area contributed by atoms with Gasteiger partial charge < -0.3 is 4.57 Å². The Morgan fingerprint density at radius 3 is 1.91 bits per heavy atom. The zero-order valence-electron chi connectivity index (χ0n) is 19.6. The molecule has 0 bridgehead atoms. The number of rotatable bonds is 8. The number of aryl methyl sites for hydroxylation is 5. The Morgan fingerprint density at radius 2 is 1.26 bits per heavy atom. The van der Waals surface area contributed by atoms with E-state index in [4.69, 9.17) is 0 Å². The largest absolute Gasteiger partial charge is 0.334 e. The minimum Gasteiger partial charge on any atom is -0.334 e. The molecule has 2 heterocycles. The predicted octanol–water partition coefficient (Wildman–Crippen LogP) is 6.72. The maximum absolute atomic E-state index is 4.66. The summed E-state index contributed by atoms with van der Waals surface area (Å²) in [6.45, 7) is 0. The van der Waals surface area contributed by atoms with Crippen LogP contribution in [0, 0.1) is 0 Å². The summed E-state index contributed by atoms with van der Waals surface area (Å²) in [4.78, 5) is 9.10. The van der Waals surface area contributed by atoms with E-state index in [1.54, 1.807) is 0 Å². The zero-order valence-corrected chi connectivity index (χ0v) is 19.6. The van der Waals surface area contributed by atoms with Crippen LogP contribution in [0.15, 0.2) is 110 Å². The molecule has 168 valence electrons. The van der Waals surface area contributed by atoms with Crippen molar-refractivity contribution in [3.63, 3.8) is 0 Å². The summed E-state index contributed by atoms with van der Waals surface area (Å²) in [6.07, 6.45) is 9.94. The fourth-order valence-corrected chi connectivity index (χ4v) is 4.33. The Hall–Kier alpha value is -3.98. The fraction of sp³-hybridized carbons (Fsp3) is 0.161. The third-order valence-electron chi connectivity index (χ3n) is 6.32. The number of nitrogens with zero attached hydrogens (tertiary/aromatic N) is 3. The topological polar surface area (TPSA) is 30.7 Å². The van der Waals surface area contributed by atoms with Crippen LogP contribution in [-0.2, 0) is 32.7 Å². The second-order valence-corrected chi connectivity index (χ2v) is 8.80. The minimum absolute atomic E-state index is 1.00. The van der Waals surface area contributed by atoms with Crippen LogP contribution >= 0.6 is 0 Å². The first-order chi connectivity index (χ1) is 16.7. The van der Waals surface area contributed by atoms with E-state index in [2.05, 4.69) is 94.9 Å². The highest BCUT2D eigenvalue weighted by atomic mass is 15.0. The Balaban J connectivity index is 1.16. The Bertz CT molecular complexity index is 1330. The van der Waals surface area contributed by atoms with Gasteiger partial charge >= 0.3 is 0 Å². The van der Waals surface area contributed by atoms with Gasteiger partial charge in [0.1, 0.15) is 5.82 Å². The van der Waals surface area contributed by atoms with E-state index in [1.807, 2.05) is 36.3 Å². The summed E-state index contributed by atoms with van der Waals surface area (Å²) in [7, 11) is 2.03. The van der Waals surface area contributed by atoms with Crippen molar-refractivity contribution in [1.29, 1.82) is 0 Å². The molecule has 3 aromatic carbocycles. The number of imidazole rings is 1. The van der Waals surface area contributed by atoms with Gasteiger partial charge in [-0.05, 0) is 54.0 Å². The Labute approximate surface area is 201 Å². The van der Waals surface area contributed by atoms with E-state index in [-0.39, 0.29) is 0 Å². The van der Waals surface area contributed by atoms with Crippen molar-refractivity contribution >= 4 is 0 Å². The van der Waals surface area contributed by atoms with Gasteiger partial charge in [0, 0.05) is 36.8 Å². The summed E-state index contributed by atoms with van der Waals surface area (Å²) in [5.41, 5.74) is 8.75. The standard InChI is InChI=1S/C31H29N3/c1-34-21-20-32-31(34)29-17-14-24(15-18-29)10-11-25-6-5-7-26(22-25)12-13-27-16-19-30(33-23-27)28-8-3-2-4-9-28/h2-9,14-23H,10-13H2,1H3. The van der Waals surface area contributed by atoms with Crippen molar-refractivity contribution in [2.45, 2.75) is 25.7 Å². The van der Waals surface area contributed by atoms with Crippen LogP contribution in [0.2, 0.25) is 0 Å². The lowest BCUT2D eigenvalue weighted by molar-refractivity contribution is 0.920. The molecule has 0 aliphatic carbocycles. The normalized spacial score (nSPS) is 11.0. The lowest BCUT2D eigenvalue weighted by Gasteiger charge is -2.08. The van der Waals surface area contributed by atoms with Gasteiger partial charge in [0.15, 0.2) is 0 Å². The predicted molar refractivity (Wildman–Crippen MR) is 140 cm³/mol. The molecule has 5 rings (SSSR count). The average molecular weight is 444 g/mol. The van der Waals surface area contributed by atoms with Crippen molar-refractivity contribution < 1.29 is 0 Å². The molecule has 0 fully saturated rings. The van der Waals surface area contributed by atoms with E-state index in [9.17, 15) is 0 Å². The second-order valence-electron chi connectivity index (χ2n) is 8.80. The molecule has 0 spiro atoms. The first-order valence-electron chi connectivity index (χ1n) is 11.9. The first-order valence-corrected chi connectivity index (χ1v) is 11.9. The number of hydrogen-bond acceptors (Lipinski definition) is 2. The molecule has 0 unspecified atom stereocenters. The van der Waals surface area contributed by atoms with E-state index in [1.165, 1.54) is 22.3 Å². The molecule has 0 aliphatic heterocycles. The van der Waals surface area contributed by atoms with Crippen LogP contribution in [0.4, 0.5) is 0 Å². The monoisotopic (exact) mass is 443 g/mol. The van der Waals surface area contributed by atoms with Crippen LogP contribution in [0.3, 0.4) is 0 Å². The third kappa shape index (κ3) is 5.32. The lowest BCUT2D eigenvalue weighted by atomic mass is 9.99. The maximum Gasteiger partial charge on any atom is 0.139 e. The molecular weight excluding hydrogens is 414 g/mol. The molecule has 3 nitrogen and oxygen atoms in total. The van der Waals surface area contributed by atoms with Crippen LogP contribution in [0.5, 0.6) is 0 Å². The summed E-state index contributed by atoms with van der Waals surface area (Å²) in [5.74, 6) is 1.00. The summed E-state index contributed by atoms with van der Waals surface area (Å²) in [5, 5.41) is 0. The molecule has 0 saturated carbocycles. The van der Waals surface area contributed by atoms with Crippen LogP contribution in [-0.4, -0.2) is 14.5 Å². The highest BCUT2D eigenvalue weighted by molar-refractivity contribution is 5.58. The fourth-order valence-electron chi connectivity index (χ4n) is 4.33. The van der Waals surface area contributed by atoms with Gasteiger partial charge in [-0.15, -0.1) is 0 Å². The number of pyridine rings is 1. The zero-order chi connectivity index (χ0) is 23.2. The molecule has 0 saturated heterocycles. The minimum atomic E-state index is 1.00. The van der Waals surface area contributed by atoms with Gasteiger partial charge in [0.25, 0.3) is 0 Å². The molecule has 2 aromatic heterocycles. The van der Waals surface area contributed by atoms with Gasteiger partial charge in [-0.1, -0.05) is 84.9 Å². The van der Waals surface area contributed by atoms with E-state index < -0.39 is 0 Å². The van der Waals surface area contributed by atoms with Crippen molar-refractivity contribution in [1.82, 2.24) is 14.5 Å². The first kappa shape index (κ1) is 21.8. The molecule has 0 atom stereocenters. The maximum atomic E-state index is 4.66. The lowest BCUT2D eigenvalue weighted by Crippen LogP contribution is -1.96. The van der Waals surface area contributed by atoms with Crippen LogP contribution in [0.1, 0.15) is 22.3 Å². The molecular formula is C31H29N3. The third-order valence-corrected chi connectivity index (χ3v) is 6.32. The van der Waals surface area contributed by atoms with Crippen LogP contribution < -0.4 is 0 Å². The van der Waals surface area contributed by atoms with Crippen molar-refractivity contribution in [2.75, 3.05) is 0 Å². The summed E-state index contributed by atoms with van der Waals surface area (Å²) in [6, 6.07) is 32.5. The van der Waals surface area contributed by atoms with Crippen molar-refractivity contribution in [3.05, 3.63) is 132 Å². The Morgan fingerprint density at radius 1 is 0.588 bits per heavy atom. The molecule has 0 amide bonds. The van der Waals surface area contributed by atoms with Crippen molar-refractivity contribution in [3.8, 4) is 22.6 Å².